The van der Waals surface area contributed by atoms with Gasteiger partial charge in [-0.25, -0.2) is 5.48 Å². The predicted molar refractivity (Wildman–Crippen MR) is 150 cm³/mol. The van der Waals surface area contributed by atoms with Crippen molar-refractivity contribution >= 4 is 22.9 Å². The smallest absolute Gasteiger partial charge is 0.267 e. The largest absolute Gasteiger partial charge is 0.497 e. The number of aromatic amines is 2. The number of hydrogen-bond acceptors (Lipinski definition) is 4. The predicted octanol–water partition coefficient (Wildman–Crippen LogP) is 5.68. The van der Waals surface area contributed by atoms with Crippen molar-refractivity contribution < 1.29 is 14.7 Å². The van der Waals surface area contributed by atoms with Crippen LogP contribution in [0.25, 0.3) is 17.0 Å². The number of carbonyl (C=O) groups is 1. The summed E-state index contributed by atoms with van der Waals surface area (Å²) < 4.78 is 5.39. The van der Waals surface area contributed by atoms with Crippen molar-refractivity contribution in [2.45, 2.75) is 52.6 Å². The second kappa shape index (κ2) is 10.9. The van der Waals surface area contributed by atoms with Gasteiger partial charge in [-0.15, -0.1) is 0 Å². The fourth-order valence-corrected chi connectivity index (χ4v) is 5.70. The number of carbonyl (C=O) groups excluding carboxylic acids is 1. The van der Waals surface area contributed by atoms with Gasteiger partial charge < -0.3 is 14.7 Å². The van der Waals surface area contributed by atoms with Crippen molar-refractivity contribution in [3.05, 3.63) is 93.4 Å². The van der Waals surface area contributed by atoms with Gasteiger partial charge in [-0.2, -0.15) is 0 Å². The lowest BCUT2D eigenvalue weighted by Crippen LogP contribution is -2.30. The number of rotatable bonds is 9. The molecular weight excluding hydrogens is 476 g/mol. The van der Waals surface area contributed by atoms with Crippen LogP contribution >= 0.6 is 0 Å². The van der Waals surface area contributed by atoms with Crippen molar-refractivity contribution in [1.82, 2.24) is 20.3 Å². The standard InChI is InChI=1S/C31H36N4O3/c1-19-20(2)29(33-21(19)3)18-35(14-13-24-17-32-28-16-25(38-4)8-10-26(24)28)30-11-7-23-15-22(5-9-27(23)30)6-12-31(36)34-37/h5-6,8-10,12,15-17,30,32-33,37H,7,11,13-14,18H2,1-4H3,(H,34,36). The van der Waals surface area contributed by atoms with Crippen LogP contribution in [-0.2, 0) is 24.2 Å². The van der Waals surface area contributed by atoms with Gasteiger partial charge in [0, 0.05) is 59.8 Å². The van der Waals surface area contributed by atoms with Crippen LogP contribution in [0.15, 0.2) is 48.7 Å². The Balaban J connectivity index is 1.42. The molecule has 0 saturated carbocycles. The van der Waals surface area contributed by atoms with Crippen LogP contribution in [0.5, 0.6) is 5.75 Å². The fourth-order valence-electron chi connectivity index (χ4n) is 5.70. The molecule has 5 rings (SSSR count). The molecule has 4 aromatic rings. The zero-order chi connectivity index (χ0) is 26.8. The van der Waals surface area contributed by atoms with Gasteiger partial charge in [-0.3, -0.25) is 14.9 Å². The highest BCUT2D eigenvalue weighted by molar-refractivity contribution is 5.90. The van der Waals surface area contributed by atoms with Gasteiger partial charge >= 0.3 is 0 Å². The van der Waals surface area contributed by atoms with Crippen LogP contribution in [-0.4, -0.2) is 39.6 Å². The first-order chi connectivity index (χ1) is 18.4. The third-order valence-electron chi connectivity index (χ3n) is 8.11. The summed E-state index contributed by atoms with van der Waals surface area (Å²) in [7, 11) is 1.69. The number of aromatic nitrogens is 2. The molecule has 1 unspecified atom stereocenters. The summed E-state index contributed by atoms with van der Waals surface area (Å²) in [5, 5.41) is 10.00. The van der Waals surface area contributed by atoms with E-state index in [0.29, 0.717) is 6.04 Å². The molecule has 0 saturated heterocycles. The summed E-state index contributed by atoms with van der Waals surface area (Å²) in [5.74, 6) is 0.325. The molecule has 1 aliphatic carbocycles. The van der Waals surface area contributed by atoms with Crippen LogP contribution in [0.3, 0.4) is 0 Å². The highest BCUT2D eigenvalue weighted by Crippen LogP contribution is 2.38. The summed E-state index contributed by atoms with van der Waals surface area (Å²) in [6.45, 7) is 8.33. The van der Waals surface area contributed by atoms with E-state index in [0.717, 1.165) is 49.2 Å². The first-order valence-electron chi connectivity index (χ1n) is 13.2. The molecule has 2 aromatic carbocycles. The lowest BCUT2D eigenvalue weighted by atomic mass is 10.0. The Morgan fingerprint density at radius 1 is 1.18 bits per heavy atom. The summed E-state index contributed by atoms with van der Waals surface area (Å²) in [6.07, 6.45) is 8.20. The zero-order valence-electron chi connectivity index (χ0n) is 22.5. The maximum absolute atomic E-state index is 11.4. The summed E-state index contributed by atoms with van der Waals surface area (Å²) in [5.41, 5.74) is 12.9. The maximum atomic E-state index is 11.4. The van der Waals surface area contributed by atoms with E-state index >= 15 is 0 Å². The number of methoxy groups -OCH3 is 1. The van der Waals surface area contributed by atoms with Gasteiger partial charge in [0.05, 0.1) is 7.11 Å². The highest BCUT2D eigenvalue weighted by atomic mass is 16.5. The fraction of sp³-hybridized carbons (Fsp3) is 0.323. The van der Waals surface area contributed by atoms with E-state index in [1.54, 1.807) is 18.7 Å². The maximum Gasteiger partial charge on any atom is 0.267 e. The number of benzene rings is 2. The molecule has 0 spiro atoms. The van der Waals surface area contributed by atoms with Gasteiger partial charge in [0.1, 0.15) is 5.75 Å². The van der Waals surface area contributed by atoms with Crippen molar-refractivity contribution in [2.24, 2.45) is 0 Å². The van der Waals surface area contributed by atoms with E-state index in [4.69, 9.17) is 9.94 Å². The number of aryl methyl sites for hydroxylation is 2. The van der Waals surface area contributed by atoms with Crippen LogP contribution in [0.2, 0.25) is 0 Å². The molecule has 4 N–H and O–H groups in total. The molecule has 7 nitrogen and oxygen atoms in total. The second-order valence-electron chi connectivity index (χ2n) is 10.2. The molecule has 0 aliphatic heterocycles. The van der Waals surface area contributed by atoms with Gasteiger partial charge in [-0.1, -0.05) is 18.2 Å². The number of nitrogens with zero attached hydrogens (tertiary/aromatic N) is 1. The first-order valence-corrected chi connectivity index (χ1v) is 13.2. The van der Waals surface area contributed by atoms with Crippen molar-refractivity contribution in [1.29, 1.82) is 0 Å². The van der Waals surface area contributed by atoms with E-state index in [1.165, 1.54) is 50.7 Å². The molecular formula is C31H36N4O3. The monoisotopic (exact) mass is 512 g/mol. The van der Waals surface area contributed by atoms with Gasteiger partial charge in [0.25, 0.3) is 5.91 Å². The number of fused-ring (bicyclic) bond motifs is 2. The highest BCUT2D eigenvalue weighted by Gasteiger charge is 2.29. The lowest BCUT2D eigenvalue weighted by Gasteiger charge is -2.30. The van der Waals surface area contributed by atoms with Crippen molar-refractivity contribution in [2.75, 3.05) is 13.7 Å². The molecule has 1 aliphatic rings. The zero-order valence-corrected chi connectivity index (χ0v) is 22.5. The summed E-state index contributed by atoms with van der Waals surface area (Å²) >= 11 is 0. The third-order valence-corrected chi connectivity index (χ3v) is 8.11. The minimum Gasteiger partial charge on any atom is -0.497 e. The normalized spacial score (nSPS) is 15.1. The van der Waals surface area contributed by atoms with Crippen molar-refractivity contribution in [3.8, 4) is 5.75 Å². The van der Waals surface area contributed by atoms with E-state index in [-0.39, 0.29) is 0 Å². The van der Waals surface area contributed by atoms with E-state index in [9.17, 15) is 4.79 Å². The van der Waals surface area contributed by atoms with Gasteiger partial charge in [-0.05, 0) is 91.6 Å². The Hall–Kier alpha value is -3.81. The number of amides is 1. The van der Waals surface area contributed by atoms with Crippen LogP contribution in [0, 0.1) is 20.8 Å². The summed E-state index contributed by atoms with van der Waals surface area (Å²) in [6, 6.07) is 12.9. The summed E-state index contributed by atoms with van der Waals surface area (Å²) in [4.78, 5) is 21.1. The van der Waals surface area contributed by atoms with Gasteiger partial charge in [0.2, 0.25) is 0 Å². The number of hydroxylamine groups is 1. The van der Waals surface area contributed by atoms with Crippen LogP contribution in [0.4, 0.5) is 0 Å². The van der Waals surface area contributed by atoms with Crippen LogP contribution < -0.4 is 10.2 Å². The molecule has 0 fully saturated rings. The lowest BCUT2D eigenvalue weighted by molar-refractivity contribution is -0.124. The first kappa shape index (κ1) is 25.8. The minimum absolute atomic E-state index is 0.317. The third kappa shape index (κ3) is 5.12. The molecule has 0 bridgehead atoms. The molecule has 1 atom stereocenters. The van der Waals surface area contributed by atoms with Crippen molar-refractivity contribution in [3.63, 3.8) is 0 Å². The number of nitrogens with one attached hydrogen (secondary N) is 3. The second-order valence-corrected chi connectivity index (χ2v) is 10.2. The van der Waals surface area contributed by atoms with Crippen LogP contribution in [0.1, 0.15) is 57.2 Å². The average molecular weight is 513 g/mol. The molecule has 7 heteroatoms. The average Bonchev–Trinajstić information content (AvgIpc) is 3.61. The molecule has 38 heavy (non-hydrogen) atoms. The Morgan fingerprint density at radius 3 is 2.76 bits per heavy atom. The SMILES string of the molecule is COc1ccc2c(CCN(Cc3[nH]c(C)c(C)c3C)C3CCc4cc(C=CC(=O)NO)ccc43)c[nH]c2c1. The Bertz CT molecular complexity index is 1500. The molecule has 2 aromatic heterocycles. The Morgan fingerprint density at radius 2 is 2.03 bits per heavy atom. The quantitative estimate of drug-likeness (QED) is 0.132. The van der Waals surface area contributed by atoms with E-state index in [1.807, 2.05) is 12.1 Å². The number of H-pyrrole nitrogens is 2. The molecule has 0 radical (unpaired) electrons. The van der Waals surface area contributed by atoms with E-state index < -0.39 is 5.91 Å². The molecule has 198 valence electrons. The molecule has 2 heterocycles. The topological polar surface area (TPSA) is 93.4 Å². The Labute approximate surface area is 223 Å². The van der Waals surface area contributed by atoms with E-state index in [2.05, 4.69) is 66.1 Å². The molecule has 1 amide bonds. The minimum atomic E-state index is -0.530. The number of ether oxygens (including phenoxy) is 1. The number of hydrogen-bond donors (Lipinski definition) is 4. The van der Waals surface area contributed by atoms with Gasteiger partial charge in [0.15, 0.2) is 0 Å². The Kier molecular flexibility index (Phi) is 7.40.